The van der Waals surface area contributed by atoms with E-state index in [9.17, 15) is 18.0 Å². The van der Waals surface area contributed by atoms with Gasteiger partial charge in [-0.15, -0.1) is 25.6 Å². The van der Waals surface area contributed by atoms with Crippen molar-refractivity contribution in [2.45, 2.75) is 32.2 Å². The minimum atomic E-state index is -4.71. The van der Waals surface area contributed by atoms with Crippen LogP contribution in [0.1, 0.15) is 24.8 Å². The first-order valence-corrected chi connectivity index (χ1v) is 7.63. The summed E-state index contributed by atoms with van der Waals surface area (Å²) in [5.41, 5.74) is 0.602. The van der Waals surface area contributed by atoms with Crippen LogP contribution in [0.25, 0.3) is 0 Å². The summed E-state index contributed by atoms with van der Waals surface area (Å²) in [5.74, 6) is 0.266. The molecule has 0 radical (unpaired) electrons. The fourth-order valence-electron chi connectivity index (χ4n) is 2.68. The Morgan fingerprint density at radius 1 is 1.42 bits per heavy atom. The molecule has 1 fully saturated rings. The van der Waals surface area contributed by atoms with Crippen LogP contribution in [-0.4, -0.2) is 37.3 Å². The quantitative estimate of drug-likeness (QED) is 0.839. The van der Waals surface area contributed by atoms with Crippen molar-refractivity contribution in [2.75, 3.05) is 20.1 Å². The third-order valence-corrected chi connectivity index (χ3v) is 3.91. The van der Waals surface area contributed by atoms with Crippen LogP contribution >= 0.6 is 12.4 Å². The number of ether oxygens (including phenoxy) is 1. The fraction of sp³-hybridized carbons (Fsp3) is 0.562. The number of alkyl halides is 3. The molecule has 0 aromatic heterocycles. The van der Waals surface area contributed by atoms with Crippen molar-refractivity contribution < 1.29 is 22.7 Å². The number of rotatable bonds is 6. The van der Waals surface area contributed by atoms with Gasteiger partial charge in [0.1, 0.15) is 5.75 Å². The lowest BCUT2D eigenvalue weighted by Crippen LogP contribution is -2.26. The Hall–Kier alpha value is -1.47. The van der Waals surface area contributed by atoms with E-state index >= 15 is 0 Å². The Balaban J connectivity index is 0.00000288. The summed E-state index contributed by atoms with van der Waals surface area (Å²) in [6, 6.07) is 5.71. The zero-order valence-electron chi connectivity index (χ0n) is 13.4. The molecule has 0 saturated carbocycles. The highest BCUT2D eigenvalue weighted by atomic mass is 35.5. The number of hydrogen-bond acceptors (Lipinski definition) is 3. The highest BCUT2D eigenvalue weighted by Crippen LogP contribution is 2.24. The standard InChI is InChI=1S/C16H21F3N2O2.ClH/c1-21(15(22)6-5-12-7-8-20-10-12)11-13-3-2-4-14(9-13)23-16(17,18)19;/h2-4,9,12,20H,5-8,10-11H2,1H3;1H. The average Bonchev–Trinajstić information content (AvgIpc) is 2.96. The molecule has 0 aliphatic carbocycles. The molecule has 1 aliphatic heterocycles. The van der Waals surface area contributed by atoms with Gasteiger partial charge in [-0.25, -0.2) is 0 Å². The van der Waals surface area contributed by atoms with Crippen LogP contribution in [0.15, 0.2) is 24.3 Å². The number of benzene rings is 1. The maximum Gasteiger partial charge on any atom is 0.573 e. The van der Waals surface area contributed by atoms with Crippen molar-refractivity contribution in [1.29, 1.82) is 0 Å². The van der Waals surface area contributed by atoms with Gasteiger partial charge in [0.05, 0.1) is 0 Å². The van der Waals surface area contributed by atoms with Crippen LogP contribution in [0.5, 0.6) is 5.75 Å². The van der Waals surface area contributed by atoms with Crippen LogP contribution in [0.2, 0.25) is 0 Å². The molecule has 1 N–H and O–H groups in total. The smallest absolute Gasteiger partial charge is 0.406 e. The molecule has 1 unspecified atom stereocenters. The number of hydrogen-bond donors (Lipinski definition) is 1. The molecular weight excluding hydrogens is 345 g/mol. The fourth-order valence-corrected chi connectivity index (χ4v) is 2.68. The van der Waals surface area contributed by atoms with E-state index in [1.807, 2.05) is 0 Å². The van der Waals surface area contributed by atoms with Gasteiger partial charge in [-0.05, 0) is 49.5 Å². The van der Waals surface area contributed by atoms with Crippen LogP contribution in [-0.2, 0) is 11.3 Å². The van der Waals surface area contributed by atoms with Crippen molar-refractivity contribution in [3.63, 3.8) is 0 Å². The molecule has 1 aliphatic rings. The largest absolute Gasteiger partial charge is 0.573 e. The molecule has 1 aromatic rings. The summed E-state index contributed by atoms with van der Waals surface area (Å²) in [6.07, 6.45) is -2.32. The van der Waals surface area contributed by atoms with E-state index in [0.29, 0.717) is 17.9 Å². The summed E-state index contributed by atoms with van der Waals surface area (Å²) in [5, 5.41) is 3.26. The van der Waals surface area contributed by atoms with Gasteiger partial charge in [0.2, 0.25) is 5.91 Å². The summed E-state index contributed by atoms with van der Waals surface area (Å²) in [4.78, 5) is 13.6. The van der Waals surface area contributed by atoms with E-state index in [0.717, 1.165) is 25.9 Å². The van der Waals surface area contributed by atoms with Gasteiger partial charge in [0.25, 0.3) is 0 Å². The third kappa shape index (κ3) is 6.97. The first-order valence-electron chi connectivity index (χ1n) is 7.63. The number of halogens is 4. The lowest BCUT2D eigenvalue weighted by atomic mass is 10.0. The van der Waals surface area contributed by atoms with Crippen LogP contribution in [0.3, 0.4) is 0 Å². The van der Waals surface area contributed by atoms with E-state index < -0.39 is 6.36 Å². The van der Waals surface area contributed by atoms with Crippen LogP contribution in [0.4, 0.5) is 13.2 Å². The van der Waals surface area contributed by atoms with Gasteiger partial charge in [0, 0.05) is 20.0 Å². The number of nitrogens with zero attached hydrogens (tertiary/aromatic N) is 1. The second kappa shape index (κ2) is 9.13. The van der Waals surface area contributed by atoms with Gasteiger partial charge >= 0.3 is 6.36 Å². The summed E-state index contributed by atoms with van der Waals surface area (Å²) >= 11 is 0. The Labute approximate surface area is 145 Å². The Morgan fingerprint density at radius 2 is 2.17 bits per heavy atom. The van der Waals surface area contributed by atoms with E-state index in [-0.39, 0.29) is 30.6 Å². The van der Waals surface area contributed by atoms with Gasteiger partial charge < -0.3 is 15.0 Å². The van der Waals surface area contributed by atoms with E-state index in [4.69, 9.17) is 0 Å². The van der Waals surface area contributed by atoms with Crippen molar-refractivity contribution in [1.82, 2.24) is 10.2 Å². The molecule has 4 nitrogen and oxygen atoms in total. The SMILES string of the molecule is CN(Cc1cccc(OC(F)(F)F)c1)C(=O)CCC1CCNC1.Cl. The van der Waals surface area contributed by atoms with Crippen LogP contribution < -0.4 is 10.1 Å². The number of amides is 1. The van der Waals surface area contributed by atoms with Crippen molar-refractivity contribution in [3.8, 4) is 5.75 Å². The summed E-state index contributed by atoms with van der Waals surface area (Å²) in [6.45, 7) is 2.21. The first kappa shape index (κ1) is 20.6. The molecule has 24 heavy (non-hydrogen) atoms. The molecule has 1 saturated heterocycles. The highest BCUT2D eigenvalue weighted by molar-refractivity contribution is 5.85. The minimum absolute atomic E-state index is 0. The highest BCUT2D eigenvalue weighted by Gasteiger charge is 2.31. The lowest BCUT2D eigenvalue weighted by Gasteiger charge is -2.19. The molecule has 1 heterocycles. The second-order valence-corrected chi connectivity index (χ2v) is 5.84. The zero-order chi connectivity index (χ0) is 16.9. The Morgan fingerprint density at radius 3 is 2.79 bits per heavy atom. The molecule has 2 rings (SSSR count). The van der Waals surface area contributed by atoms with Crippen molar-refractivity contribution >= 4 is 18.3 Å². The molecule has 1 aromatic carbocycles. The predicted octanol–water partition coefficient (Wildman–Crippen LogP) is 3.36. The normalized spacial score (nSPS) is 17.2. The zero-order valence-corrected chi connectivity index (χ0v) is 14.3. The molecule has 1 atom stereocenters. The number of nitrogens with one attached hydrogen (secondary N) is 1. The van der Waals surface area contributed by atoms with Crippen molar-refractivity contribution in [2.24, 2.45) is 5.92 Å². The topological polar surface area (TPSA) is 41.6 Å². The first-order chi connectivity index (χ1) is 10.8. The molecular formula is C16H22ClF3N2O2. The van der Waals surface area contributed by atoms with Gasteiger partial charge in [-0.3, -0.25) is 4.79 Å². The van der Waals surface area contributed by atoms with E-state index in [2.05, 4.69) is 10.1 Å². The van der Waals surface area contributed by atoms with E-state index in [1.165, 1.54) is 23.1 Å². The lowest BCUT2D eigenvalue weighted by molar-refractivity contribution is -0.274. The molecule has 0 spiro atoms. The number of carbonyl (C=O) groups is 1. The average molecular weight is 367 g/mol. The predicted molar refractivity (Wildman–Crippen MR) is 87.1 cm³/mol. The summed E-state index contributed by atoms with van der Waals surface area (Å²) < 4.78 is 40.5. The summed E-state index contributed by atoms with van der Waals surface area (Å²) in [7, 11) is 1.66. The molecule has 0 bridgehead atoms. The van der Waals surface area contributed by atoms with Gasteiger partial charge in [0.15, 0.2) is 0 Å². The Kier molecular flexibility index (Phi) is 7.83. The molecule has 8 heteroatoms. The molecule has 136 valence electrons. The van der Waals surface area contributed by atoms with E-state index in [1.54, 1.807) is 13.1 Å². The van der Waals surface area contributed by atoms with Gasteiger partial charge in [-0.2, -0.15) is 0 Å². The number of carbonyl (C=O) groups excluding carboxylic acids is 1. The van der Waals surface area contributed by atoms with Crippen molar-refractivity contribution in [3.05, 3.63) is 29.8 Å². The maximum absolute atomic E-state index is 12.2. The molecule has 1 amide bonds. The minimum Gasteiger partial charge on any atom is -0.406 e. The maximum atomic E-state index is 12.2. The Bertz CT molecular complexity index is 534. The van der Waals surface area contributed by atoms with Gasteiger partial charge in [-0.1, -0.05) is 12.1 Å². The van der Waals surface area contributed by atoms with Crippen LogP contribution in [0, 0.1) is 5.92 Å². The third-order valence-electron chi connectivity index (χ3n) is 3.91. The monoisotopic (exact) mass is 366 g/mol. The second-order valence-electron chi connectivity index (χ2n) is 5.84.